The van der Waals surface area contributed by atoms with E-state index in [1.807, 2.05) is 22.7 Å². The molecule has 28 heavy (non-hydrogen) atoms. The van der Waals surface area contributed by atoms with Gasteiger partial charge in [-0.3, -0.25) is 14.2 Å². The van der Waals surface area contributed by atoms with E-state index in [2.05, 4.69) is 9.97 Å². The summed E-state index contributed by atoms with van der Waals surface area (Å²) >= 11 is 5.90. The maximum absolute atomic E-state index is 13.4. The molecule has 0 bridgehead atoms. The smallest absolute Gasteiger partial charge is 0.253 e. The Balaban J connectivity index is 1.76. The Hall–Kier alpha value is -3.25. The maximum atomic E-state index is 13.4. The number of carbonyl (C=O) groups excluding carboxylic acids is 1. The molecule has 0 N–H and O–H groups in total. The molecule has 0 fully saturated rings. The van der Waals surface area contributed by atoms with Crippen molar-refractivity contribution in [1.29, 1.82) is 0 Å². The van der Waals surface area contributed by atoms with E-state index in [9.17, 15) is 9.18 Å². The van der Waals surface area contributed by atoms with Crippen molar-refractivity contribution in [3.8, 4) is 22.5 Å². The summed E-state index contributed by atoms with van der Waals surface area (Å²) in [7, 11) is 3.44. The number of benzene rings is 2. The third kappa shape index (κ3) is 3.23. The van der Waals surface area contributed by atoms with E-state index >= 15 is 0 Å². The first-order chi connectivity index (χ1) is 13.4. The highest BCUT2D eigenvalue weighted by Gasteiger charge is 2.12. The monoisotopic (exact) mass is 394 g/mol. The van der Waals surface area contributed by atoms with Gasteiger partial charge in [0.2, 0.25) is 0 Å². The maximum Gasteiger partial charge on any atom is 0.253 e. The van der Waals surface area contributed by atoms with E-state index < -0.39 is 5.82 Å². The van der Waals surface area contributed by atoms with Gasteiger partial charge in [-0.1, -0.05) is 23.7 Å². The normalized spacial score (nSPS) is 11.0. The number of carbonyl (C=O) groups is 1. The quantitative estimate of drug-likeness (QED) is 0.512. The lowest BCUT2D eigenvalue weighted by atomic mass is 10.1. The molecular weight excluding hydrogens is 379 g/mol. The van der Waals surface area contributed by atoms with Crippen LogP contribution >= 0.6 is 11.6 Å². The number of imidazole rings is 1. The van der Waals surface area contributed by atoms with Gasteiger partial charge in [0, 0.05) is 37.0 Å². The molecule has 4 rings (SSSR count). The lowest BCUT2D eigenvalue weighted by Gasteiger charge is -2.10. The lowest BCUT2D eigenvalue weighted by molar-refractivity contribution is 0.0827. The molecule has 0 saturated heterocycles. The second-order valence-electron chi connectivity index (χ2n) is 6.55. The van der Waals surface area contributed by atoms with Crippen molar-refractivity contribution in [3.63, 3.8) is 0 Å². The van der Waals surface area contributed by atoms with Crippen molar-refractivity contribution in [2.75, 3.05) is 14.1 Å². The Morgan fingerprint density at radius 3 is 2.43 bits per heavy atom. The van der Waals surface area contributed by atoms with E-state index in [1.165, 1.54) is 11.0 Å². The Morgan fingerprint density at radius 2 is 1.75 bits per heavy atom. The van der Waals surface area contributed by atoms with Gasteiger partial charge in [-0.15, -0.1) is 0 Å². The number of nitrogens with zero attached hydrogens (tertiary/aromatic N) is 4. The zero-order chi connectivity index (χ0) is 19.8. The molecule has 2 aromatic heterocycles. The van der Waals surface area contributed by atoms with E-state index in [-0.39, 0.29) is 10.9 Å². The largest absolute Gasteiger partial charge is 0.345 e. The van der Waals surface area contributed by atoms with Gasteiger partial charge in [0.1, 0.15) is 5.82 Å². The van der Waals surface area contributed by atoms with Gasteiger partial charge in [0.25, 0.3) is 5.91 Å². The number of fused-ring (bicyclic) bond motifs is 1. The van der Waals surface area contributed by atoms with Crippen LogP contribution in [-0.4, -0.2) is 39.3 Å². The molecule has 0 unspecified atom stereocenters. The van der Waals surface area contributed by atoms with Gasteiger partial charge in [-0.2, -0.15) is 0 Å². The molecule has 7 heteroatoms. The first-order valence-corrected chi connectivity index (χ1v) is 8.92. The first kappa shape index (κ1) is 18.1. The van der Waals surface area contributed by atoms with Crippen molar-refractivity contribution in [2.24, 2.45) is 0 Å². The number of aromatic nitrogens is 3. The van der Waals surface area contributed by atoms with Crippen molar-refractivity contribution >= 4 is 23.2 Å². The fraction of sp³-hybridized carbons (Fsp3) is 0.0952. The predicted molar refractivity (Wildman–Crippen MR) is 107 cm³/mol. The van der Waals surface area contributed by atoms with Crippen LogP contribution in [0.1, 0.15) is 10.4 Å². The molecule has 0 aliphatic heterocycles. The second kappa shape index (κ2) is 7.05. The number of hydrogen-bond donors (Lipinski definition) is 0. The number of hydrogen-bond acceptors (Lipinski definition) is 3. The third-order valence-electron chi connectivity index (χ3n) is 4.45. The van der Waals surface area contributed by atoms with E-state index in [4.69, 9.17) is 11.6 Å². The van der Waals surface area contributed by atoms with E-state index in [0.29, 0.717) is 22.5 Å². The van der Waals surface area contributed by atoms with Gasteiger partial charge in [-0.25, -0.2) is 9.37 Å². The third-order valence-corrected chi connectivity index (χ3v) is 4.73. The Labute approximate surface area is 166 Å². The average Bonchev–Trinajstić information content (AvgIpc) is 3.12. The van der Waals surface area contributed by atoms with Crippen LogP contribution in [0.3, 0.4) is 0 Å². The highest BCUT2D eigenvalue weighted by atomic mass is 35.5. The summed E-state index contributed by atoms with van der Waals surface area (Å²) in [6, 6.07) is 11.8. The summed E-state index contributed by atoms with van der Waals surface area (Å²) in [5.74, 6) is -0.522. The van der Waals surface area contributed by atoms with E-state index in [1.54, 1.807) is 50.8 Å². The van der Waals surface area contributed by atoms with Gasteiger partial charge >= 0.3 is 0 Å². The van der Waals surface area contributed by atoms with Crippen molar-refractivity contribution in [1.82, 2.24) is 19.3 Å². The second-order valence-corrected chi connectivity index (χ2v) is 6.96. The summed E-state index contributed by atoms with van der Waals surface area (Å²) in [6.07, 6.45) is 5.24. The molecule has 0 aliphatic rings. The fourth-order valence-corrected chi connectivity index (χ4v) is 3.13. The fourth-order valence-electron chi connectivity index (χ4n) is 2.95. The van der Waals surface area contributed by atoms with Crippen molar-refractivity contribution in [2.45, 2.75) is 0 Å². The van der Waals surface area contributed by atoms with Crippen LogP contribution in [0.4, 0.5) is 4.39 Å². The molecule has 1 amide bonds. The number of halogens is 2. The molecule has 0 spiro atoms. The van der Waals surface area contributed by atoms with Crippen LogP contribution in [0.15, 0.2) is 61.1 Å². The molecule has 140 valence electrons. The molecule has 2 aromatic carbocycles. The Kier molecular flexibility index (Phi) is 4.57. The van der Waals surface area contributed by atoms with Crippen LogP contribution in [-0.2, 0) is 0 Å². The van der Waals surface area contributed by atoms with Gasteiger partial charge in [0.05, 0.1) is 28.8 Å². The summed E-state index contributed by atoms with van der Waals surface area (Å²) in [4.78, 5) is 22.4. The molecule has 2 heterocycles. The highest BCUT2D eigenvalue weighted by Crippen LogP contribution is 2.26. The van der Waals surface area contributed by atoms with Crippen LogP contribution in [0.2, 0.25) is 5.02 Å². The van der Waals surface area contributed by atoms with Gasteiger partial charge < -0.3 is 4.90 Å². The van der Waals surface area contributed by atoms with Gasteiger partial charge in [0.15, 0.2) is 5.65 Å². The standard InChI is InChI=1S/C21H16ClFN4O/c1-26(2)21(28)14-5-3-13(4-6-14)19-10-25-20-11-24-18(12-27(19)20)15-7-8-17(23)16(22)9-15/h3-12H,1-2H3. The minimum Gasteiger partial charge on any atom is -0.345 e. The summed E-state index contributed by atoms with van der Waals surface area (Å²) in [6.45, 7) is 0. The SMILES string of the molecule is CN(C)C(=O)c1ccc(-c2cnc3cnc(-c4ccc(F)c(Cl)c4)cn23)cc1. The first-order valence-electron chi connectivity index (χ1n) is 8.54. The number of amides is 1. The zero-order valence-electron chi connectivity index (χ0n) is 15.2. The minimum absolute atomic E-state index is 0.0476. The van der Waals surface area contributed by atoms with Crippen LogP contribution in [0.5, 0.6) is 0 Å². The topological polar surface area (TPSA) is 50.5 Å². The van der Waals surface area contributed by atoms with Crippen molar-refractivity contribution in [3.05, 3.63) is 77.5 Å². The molecule has 0 aliphatic carbocycles. The molecule has 4 aromatic rings. The molecular formula is C21H16ClFN4O. The number of rotatable bonds is 3. The Morgan fingerprint density at radius 1 is 1.04 bits per heavy atom. The summed E-state index contributed by atoms with van der Waals surface area (Å²) < 4.78 is 15.4. The molecule has 0 radical (unpaired) electrons. The van der Waals surface area contributed by atoms with Crippen LogP contribution < -0.4 is 0 Å². The highest BCUT2D eigenvalue weighted by molar-refractivity contribution is 6.31. The summed E-state index contributed by atoms with van der Waals surface area (Å²) in [5, 5.41) is 0.0476. The zero-order valence-corrected chi connectivity index (χ0v) is 16.0. The molecule has 5 nitrogen and oxygen atoms in total. The van der Waals surface area contributed by atoms with Gasteiger partial charge in [-0.05, 0) is 30.3 Å². The van der Waals surface area contributed by atoms with Crippen LogP contribution in [0, 0.1) is 5.82 Å². The Bertz CT molecular complexity index is 1180. The van der Waals surface area contributed by atoms with Crippen molar-refractivity contribution < 1.29 is 9.18 Å². The average molecular weight is 395 g/mol. The van der Waals surface area contributed by atoms with E-state index in [0.717, 1.165) is 11.3 Å². The summed E-state index contributed by atoms with van der Waals surface area (Å²) in [5.41, 5.74) is 4.42. The molecule has 0 atom stereocenters. The predicted octanol–water partition coefficient (Wildman–Crippen LogP) is 4.56. The molecule has 0 saturated carbocycles. The van der Waals surface area contributed by atoms with Crippen LogP contribution in [0.25, 0.3) is 28.2 Å². The minimum atomic E-state index is -0.470. The lowest BCUT2D eigenvalue weighted by Crippen LogP contribution is -2.21.